The zero-order valence-corrected chi connectivity index (χ0v) is 14.0. The fourth-order valence-electron chi connectivity index (χ4n) is 0.487. The Hall–Kier alpha value is 1.42. The van der Waals surface area contributed by atoms with Crippen molar-refractivity contribution < 1.29 is 132 Å². The Morgan fingerprint density at radius 2 is 1.57 bits per heavy atom. The topological polar surface area (TPSA) is 118 Å². The maximum absolute atomic E-state index is 10.0. The maximum atomic E-state index is 10.0. The molecule has 6 nitrogen and oxygen atoms in total. The molecule has 0 aromatic heterocycles. The minimum Gasteiger partial charge on any atom is -0.550 e. The Bertz CT molecular complexity index is 259. The summed E-state index contributed by atoms with van der Waals surface area (Å²) in [5.74, 6) is -5.05. The van der Waals surface area contributed by atoms with Gasteiger partial charge in [0.05, 0.1) is 5.97 Å². The van der Waals surface area contributed by atoms with Crippen LogP contribution in [0.4, 0.5) is 0 Å². The zero-order valence-electron chi connectivity index (χ0n) is 7.77. The zero-order chi connectivity index (χ0) is 9.72. The van der Waals surface area contributed by atoms with E-state index >= 15 is 0 Å². The number of carboxylic acids is 3. The van der Waals surface area contributed by atoms with E-state index in [1.165, 1.54) is 0 Å². The van der Waals surface area contributed by atoms with E-state index in [9.17, 15) is 24.6 Å². The molecule has 0 fully saturated rings. The van der Waals surface area contributed by atoms with E-state index in [2.05, 4.69) is 0 Å². The van der Waals surface area contributed by atoms with Crippen LogP contribution in [0.3, 0.4) is 0 Å². The summed E-state index contributed by atoms with van der Waals surface area (Å²) < 4.78 is 0. The van der Waals surface area contributed by atoms with Crippen LogP contribution >= 0.6 is 0 Å². The summed E-state index contributed by atoms with van der Waals surface area (Å²) in [5, 5.41) is 28.0. The van der Waals surface area contributed by atoms with Crippen LogP contribution in [0.2, 0.25) is 0 Å². The molecule has 0 amide bonds. The van der Waals surface area contributed by atoms with Gasteiger partial charge in [-0.2, -0.15) is 0 Å². The molecule has 0 spiro atoms. The van der Waals surface area contributed by atoms with Gasteiger partial charge in [-0.25, -0.2) is 4.79 Å². The molecule has 0 atom stereocenters. The summed E-state index contributed by atoms with van der Waals surface area (Å²) in [7, 11) is 0. The smallest absolute Gasteiger partial charge is 0.550 e. The monoisotopic (exact) mass is 250 g/mol. The van der Waals surface area contributed by atoms with Gasteiger partial charge in [0.25, 0.3) is 0 Å². The largest absolute Gasteiger partial charge is 1.00 e. The molecule has 0 aromatic carbocycles. The third kappa shape index (κ3) is 11.5. The summed E-state index contributed by atoms with van der Waals surface area (Å²) in [6, 6.07) is 0. The van der Waals surface area contributed by atoms with Gasteiger partial charge in [-0.15, -0.1) is 0 Å². The van der Waals surface area contributed by atoms with Crippen molar-refractivity contribution in [3.8, 4) is 0 Å². The Kier molecular flexibility index (Phi) is 16.2. The van der Waals surface area contributed by atoms with Crippen LogP contribution in [0.25, 0.3) is 0 Å². The average molecular weight is 250 g/mol. The van der Waals surface area contributed by atoms with Gasteiger partial charge in [-0.05, 0) is 5.57 Å². The Morgan fingerprint density at radius 3 is 1.79 bits per heavy atom. The standard InChI is InChI=1S/C6H6O6.2K/c7-4(8)1-3(6(11)12)2-5(9)10;;/h1H,2H2,(H,7,8)(H,9,10)(H,11,12);;/q;2*+1/p-2. The third-order valence-corrected chi connectivity index (χ3v) is 0.895. The first-order chi connectivity index (χ1) is 5.43. The number of carboxylic acid groups (broad SMARTS) is 3. The van der Waals surface area contributed by atoms with Crippen LogP contribution in [-0.4, -0.2) is 23.0 Å². The fraction of sp³-hybridized carbons (Fsp3) is 0.167. The van der Waals surface area contributed by atoms with Gasteiger partial charge in [-0.3, -0.25) is 0 Å². The molecule has 8 heteroatoms. The molecular weight excluding hydrogens is 246 g/mol. The van der Waals surface area contributed by atoms with E-state index in [1.807, 2.05) is 0 Å². The molecule has 0 aliphatic carbocycles. The number of carbonyl (C=O) groups is 3. The van der Waals surface area contributed by atoms with Gasteiger partial charge in [0.2, 0.25) is 0 Å². The van der Waals surface area contributed by atoms with E-state index in [1.54, 1.807) is 0 Å². The van der Waals surface area contributed by atoms with Crippen LogP contribution in [-0.2, 0) is 14.4 Å². The van der Waals surface area contributed by atoms with Crippen LogP contribution in [0, 0.1) is 0 Å². The normalized spacial score (nSPS) is 9.29. The van der Waals surface area contributed by atoms with Gasteiger partial charge < -0.3 is 24.9 Å². The number of aliphatic carboxylic acids is 3. The molecule has 0 aliphatic rings. The predicted octanol–water partition coefficient (Wildman–Crippen LogP) is -9.10. The van der Waals surface area contributed by atoms with E-state index < -0.39 is 29.9 Å². The second-order valence-corrected chi connectivity index (χ2v) is 1.84. The molecule has 0 radical (unpaired) electrons. The number of hydrogen-bond donors (Lipinski definition) is 1. The minimum absolute atomic E-state index is 0. The molecule has 66 valence electrons. The molecule has 1 N–H and O–H groups in total. The number of hydrogen-bond acceptors (Lipinski definition) is 5. The molecule has 0 bridgehead atoms. The molecule has 0 unspecified atom stereocenters. The first-order valence-corrected chi connectivity index (χ1v) is 2.78. The summed E-state index contributed by atoms with van der Waals surface area (Å²) in [4.78, 5) is 29.8. The molecule has 0 saturated carbocycles. The molecule has 0 aliphatic heterocycles. The summed E-state index contributed by atoms with van der Waals surface area (Å²) in [6.07, 6.45) is -0.722. The molecule has 14 heavy (non-hydrogen) atoms. The van der Waals surface area contributed by atoms with Gasteiger partial charge in [-0.1, -0.05) is 0 Å². The SMILES string of the molecule is O=C(O)C=C(CC(=O)[O-])C(=O)[O-].[K+].[K+]. The van der Waals surface area contributed by atoms with E-state index in [-0.39, 0.29) is 109 Å². The van der Waals surface area contributed by atoms with Gasteiger partial charge in [0, 0.05) is 18.5 Å². The predicted molar refractivity (Wildman–Crippen MR) is 30.3 cm³/mol. The van der Waals surface area contributed by atoms with Gasteiger partial charge in [0.1, 0.15) is 0 Å². The Morgan fingerprint density at radius 1 is 1.14 bits per heavy atom. The minimum atomic E-state index is -1.83. The van der Waals surface area contributed by atoms with Crippen molar-refractivity contribution in [2.45, 2.75) is 6.42 Å². The second-order valence-electron chi connectivity index (χ2n) is 1.84. The van der Waals surface area contributed by atoms with Crippen molar-refractivity contribution in [1.29, 1.82) is 0 Å². The van der Waals surface area contributed by atoms with Crippen molar-refractivity contribution in [2.24, 2.45) is 0 Å². The molecule has 0 saturated heterocycles. The third-order valence-electron chi connectivity index (χ3n) is 0.895. The summed E-state index contributed by atoms with van der Waals surface area (Å²) in [5.41, 5.74) is -0.831. The maximum Gasteiger partial charge on any atom is 1.00 e. The molecule has 0 aromatic rings. The van der Waals surface area contributed by atoms with Crippen LogP contribution < -0.4 is 113 Å². The number of rotatable bonds is 4. The summed E-state index contributed by atoms with van der Waals surface area (Å²) in [6.45, 7) is 0. The van der Waals surface area contributed by atoms with Crippen LogP contribution in [0.15, 0.2) is 11.6 Å². The van der Waals surface area contributed by atoms with E-state index in [0.29, 0.717) is 0 Å². The average Bonchev–Trinajstić information content (AvgIpc) is 1.83. The van der Waals surface area contributed by atoms with Crippen molar-refractivity contribution in [2.75, 3.05) is 0 Å². The number of carbonyl (C=O) groups excluding carboxylic acids is 2. The van der Waals surface area contributed by atoms with Crippen LogP contribution in [0.1, 0.15) is 6.42 Å². The van der Waals surface area contributed by atoms with Gasteiger partial charge >= 0.3 is 109 Å². The first-order valence-electron chi connectivity index (χ1n) is 2.78. The quantitative estimate of drug-likeness (QED) is 0.391. The molecular formula is C6H4K2O6. The summed E-state index contributed by atoms with van der Waals surface area (Å²) >= 11 is 0. The molecule has 0 rings (SSSR count). The Labute approximate surface area is 165 Å². The van der Waals surface area contributed by atoms with Gasteiger partial charge in [0.15, 0.2) is 0 Å². The van der Waals surface area contributed by atoms with Crippen molar-refractivity contribution in [3.05, 3.63) is 11.6 Å². The van der Waals surface area contributed by atoms with Crippen molar-refractivity contribution >= 4 is 17.9 Å². The van der Waals surface area contributed by atoms with E-state index in [4.69, 9.17) is 5.11 Å². The Balaban J connectivity index is -0.000000605. The van der Waals surface area contributed by atoms with E-state index in [0.717, 1.165) is 0 Å². The fourth-order valence-corrected chi connectivity index (χ4v) is 0.487. The van der Waals surface area contributed by atoms with Crippen molar-refractivity contribution in [3.63, 3.8) is 0 Å². The second kappa shape index (κ2) is 10.9. The van der Waals surface area contributed by atoms with Crippen LogP contribution in [0.5, 0.6) is 0 Å². The van der Waals surface area contributed by atoms with Crippen molar-refractivity contribution in [1.82, 2.24) is 0 Å². The molecule has 0 heterocycles. The first kappa shape index (κ1) is 20.8.